The van der Waals surface area contributed by atoms with E-state index in [0.717, 1.165) is 0 Å². The van der Waals surface area contributed by atoms with Gasteiger partial charge in [-0.05, 0) is 0 Å². The maximum Gasteiger partial charge on any atom is 1.00 e. The molecule has 0 amide bonds. The minimum Gasteiger partial charge on any atom is -0.547 e. The number of hydrogen-bond donors (Lipinski definition) is 11. The van der Waals surface area contributed by atoms with Gasteiger partial charge in [-0.1, -0.05) is 0 Å². The van der Waals surface area contributed by atoms with Gasteiger partial charge in [0.15, 0.2) is 6.10 Å². The van der Waals surface area contributed by atoms with Crippen molar-refractivity contribution in [1.82, 2.24) is 0 Å². The number of aliphatic hydroxyl groups excluding tert-OH is 10. The van der Waals surface area contributed by atoms with Crippen LogP contribution in [0.5, 0.6) is 0 Å². The predicted octanol–water partition coefficient (Wildman–Crippen LogP) is -11.3. The van der Waals surface area contributed by atoms with Crippen LogP contribution in [0.1, 0.15) is 0 Å². The Morgan fingerprint density at radius 2 is 0.963 bits per heavy atom. The van der Waals surface area contributed by atoms with Crippen LogP contribution >= 0.6 is 0 Å². The number of aliphatic carboxylic acids is 2. The Labute approximate surface area is 174 Å². The summed E-state index contributed by atoms with van der Waals surface area (Å²) in [7, 11) is 0. The molecule has 15 heteroatoms. The van der Waals surface area contributed by atoms with Crippen molar-refractivity contribution in [2.24, 2.45) is 0 Å². The second-order valence-corrected chi connectivity index (χ2v) is 5.01. The maximum absolute atomic E-state index is 10.1. The van der Waals surface area contributed by atoms with Gasteiger partial charge in [0.25, 0.3) is 0 Å². The minimum atomic E-state index is -2.31. The predicted molar refractivity (Wildman–Crippen MR) is 74.9 cm³/mol. The van der Waals surface area contributed by atoms with Crippen molar-refractivity contribution in [2.45, 2.75) is 48.8 Å². The Morgan fingerprint density at radius 3 is 1.19 bits per heavy atom. The second-order valence-electron chi connectivity index (χ2n) is 5.01. The molecular weight excluding hydrogens is 391 g/mol. The molecule has 0 saturated heterocycles. The Balaban J connectivity index is -0.000000411. The molecule has 8 atom stereocenters. The minimum absolute atomic E-state index is 0. The molecule has 0 aromatic rings. The Bertz CT molecular complexity index is 385. The first-order valence-electron chi connectivity index (χ1n) is 6.93. The summed E-state index contributed by atoms with van der Waals surface area (Å²) >= 11 is 0. The van der Waals surface area contributed by atoms with Crippen LogP contribution in [0.3, 0.4) is 0 Å². The summed E-state index contributed by atoms with van der Waals surface area (Å²) in [5.41, 5.74) is 0. The number of carbonyl (C=O) groups excluding carboxylic acids is 1. The summed E-state index contributed by atoms with van der Waals surface area (Å²) in [5, 5.41) is 105. The molecule has 0 heterocycles. The van der Waals surface area contributed by atoms with Gasteiger partial charge >= 0.3 is 35.5 Å². The van der Waals surface area contributed by atoms with Gasteiger partial charge in [0, 0.05) is 0 Å². The van der Waals surface area contributed by atoms with E-state index >= 15 is 0 Å². The molecule has 0 aliphatic carbocycles. The van der Waals surface area contributed by atoms with Gasteiger partial charge in [0.2, 0.25) is 0 Å². The molecule has 0 aromatic carbocycles. The van der Waals surface area contributed by atoms with Crippen molar-refractivity contribution >= 4 is 11.9 Å². The van der Waals surface area contributed by atoms with Gasteiger partial charge in [-0.2, -0.15) is 0 Å². The van der Waals surface area contributed by atoms with Gasteiger partial charge < -0.3 is 66.1 Å². The molecule has 0 fully saturated rings. The molecule has 0 aliphatic rings. The summed E-state index contributed by atoms with van der Waals surface area (Å²) in [5.74, 6) is -3.70. The molecule has 156 valence electrons. The molecule has 0 radical (unpaired) electrons. The van der Waals surface area contributed by atoms with E-state index in [-0.39, 0.29) is 29.6 Å². The zero-order chi connectivity index (χ0) is 21.2. The maximum atomic E-state index is 10.1. The van der Waals surface area contributed by atoms with Crippen LogP contribution in [-0.4, -0.2) is 130 Å². The normalized spacial score (nSPS) is 19.6. The zero-order valence-electron chi connectivity index (χ0n) is 14.2. The molecule has 0 rings (SSSR count). The summed E-state index contributed by atoms with van der Waals surface area (Å²) in [6.45, 7) is -1.71. The van der Waals surface area contributed by atoms with Gasteiger partial charge in [-0.25, -0.2) is 4.79 Å². The van der Waals surface area contributed by atoms with Crippen molar-refractivity contribution < 1.29 is 100 Å². The molecular formula is C12H23NaO14. The van der Waals surface area contributed by atoms with E-state index in [2.05, 4.69) is 0 Å². The molecule has 11 N–H and O–H groups in total. The Hall–Kier alpha value is -0.460. The molecule has 0 aromatic heterocycles. The molecule has 14 nitrogen and oxygen atoms in total. The number of rotatable bonds is 10. The fourth-order valence-electron chi connectivity index (χ4n) is 1.33. The SMILES string of the molecule is O=C(O)[C@H](O)[C@@H](O)[C@H](O)[C@H](O)CO.O=C([O-])[C@H](O)[C@@H](O)[C@H](O)[C@H](O)CO.[Na+]. The van der Waals surface area contributed by atoms with Gasteiger partial charge in [-0.15, -0.1) is 0 Å². The quantitative estimate of drug-likeness (QED) is 0.148. The van der Waals surface area contributed by atoms with Crippen LogP contribution < -0.4 is 34.7 Å². The van der Waals surface area contributed by atoms with E-state index in [1.807, 2.05) is 0 Å². The number of hydrogen-bond acceptors (Lipinski definition) is 13. The summed E-state index contributed by atoms with van der Waals surface area (Å²) in [6.07, 6.45) is -15.9. The van der Waals surface area contributed by atoms with Crippen molar-refractivity contribution in [3.05, 3.63) is 0 Å². The van der Waals surface area contributed by atoms with E-state index in [1.54, 1.807) is 0 Å². The van der Waals surface area contributed by atoms with Crippen LogP contribution in [0.2, 0.25) is 0 Å². The van der Waals surface area contributed by atoms with Crippen molar-refractivity contribution in [3.63, 3.8) is 0 Å². The first-order valence-corrected chi connectivity index (χ1v) is 6.93. The van der Waals surface area contributed by atoms with Gasteiger partial charge in [-0.3, -0.25) is 0 Å². The summed E-state index contributed by atoms with van der Waals surface area (Å²) < 4.78 is 0. The van der Waals surface area contributed by atoms with Crippen LogP contribution in [0.4, 0.5) is 0 Å². The van der Waals surface area contributed by atoms with E-state index in [9.17, 15) is 14.7 Å². The number of carboxylic acid groups (broad SMARTS) is 2. The molecule has 0 saturated carbocycles. The molecule has 0 aliphatic heterocycles. The van der Waals surface area contributed by atoms with Crippen LogP contribution in [0.15, 0.2) is 0 Å². The van der Waals surface area contributed by atoms with E-state index in [4.69, 9.17) is 56.2 Å². The number of carboxylic acids is 2. The average Bonchev–Trinajstić information content (AvgIpc) is 2.62. The van der Waals surface area contributed by atoms with Crippen molar-refractivity contribution in [2.75, 3.05) is 13.2 Å². The Kier molecular flexibility index (Phi) is 17.9. The molecule has 27 heavy (non-hydrogen) atoms. The fraction of sp³-hybridized carbons (Fsp3) is 0.833. The second kappa shape index (κ2) is 15.5. The van der Waals surface area contributed by atoms with Crippen LogP contribution in [0.25, 0.3) is 0 Å². The standard InChI is InChI=1S/2C6H12O7.Na/c2*7-1-2(8)3(9)4(10)5(11)6(12)13;/h2*2-5,7-11H,1H2,(H,12,13);/q;;+1/p-1/t2*2-,3-,4+,5-;/m11./s1. The first-order chi connectivity index (χ1) is 11.8. The topological polar surface area (TPSA) is 280 Å². The Morgan fingerprint density at radius 1 is 0.667 bits per heavy atom. The molecule has 0 unspecified atom stereocenters. The largest absolute Gasteiger partial charge is 1.00 e. The third-order valence-electron chi connectivity index (χ3n) is 3.00. The van der Waals surface area contributed by atoms with Crippen LogP contribution in [-0.2, 0) is 9.59 Å². The van der Waals surface area contributed by atoms with Crippen molar-refractivity contribution in [1.29, 1.82) is 0 Å². The van der Waals surface area contributed by atoms with E-state index < -0.39 is 74.0 Å². The number of aliphatic hydroxyl groups is 10. The van der Waals surface area contributed by atoms with Crippen LogP contribution in [0, 0.1) is 0 Å². The monoisotopic (exact) mass is 414 g/mol. The zero-order valence-corrected chi connectivity index (χ0v) is 16.2. The van der Waals surface area contributed by atoms with E-state index in [0.29, 0.717) is 0 Å². The van der Waals surface area contributed by atoms with Gasteiger partial charge in [0.05, 0.1) is 19.2 Å². The third-order valence-corrected chi connectivity index (χ3v) is 3.00. The fourth-order valence-corrected chi connectivity index (χ4v) is 1.33. The average molecular weight is 414 g/mol. The summed E-state index contributed by atoms with van der Waals surface area (Å²) in [6, 6.07) is 0. The smallest absolute Gasteiger partial charge is 0.547 e. The number of carbonyl (C=O) groups is 2. The van der Waals surface area contributed by atoms with E-state index in [1.165, 1.54) is 0 Å². The van der Waals surface area contributed by atoms with Crippen molar-refractivity contribution in [3.8, 4) is 0 Å². The summed E-state index contributed by atoms with van der Waals surface area (Å²) in [4.78, 5) is 20.1. The van der Waals surface area contributed by atoms with Gasteiger partial charge in [0.1, 0.15) is 42.7 Å². The first kappa shape index (κ1) is 31.2. The molecule has 0 spiro atoms. The third kappa shape index (κ3) is 11.2. The molecule has 0 bridgehead atoms.